The lowest BCUT2D eigenvalue weighted by molar-refractivity contribution is -0.881. The second-order valence-corrected chi connectivity index (χ2v) is 12.1. The van der Waals surface area contributed by atoms with E-state index in [1.807, 2.05) is 0 Å². The van der Waals surface area contributed by atoms with Crippen LogP contribution in [0.25, 0.3) is 0 Å². The molecule has 0 aliphatic rings. The van der Waals surface area contributed by atoms with Crippen molar-refractivity contribution in [1.29, 1.82) is 0 Å². The number of hydrogen-bond acceptors (Lipinski definition) is 1. The van der Waals surface area contributed by atoms with Gasteiger partial charge < -0.3 is 9.85 Å². The first-order chi connectivity index (χ1) is 17.7. The van der Waals surface area contributed by atoms with Crippen molar-refractivity contribution in [1.82, 2.24) is 0 Å². The minimum atomic E-state index is 0.115. The van der Waals surface area contributed by atoms with Gasteiger partial charge in [-0.1, -0.05) is 162 Å². The van der Waals surface area contributed by atoms with Crippen molar-refractivity contribution >= 4 is 0 Å². The number of hydrogen-bond donors (Lipinski definition) is 0. The van der Waals surface area contributed by atoms with Crippen LogP contribution in [-0.2, 0) is 0 Å². The molecule has 0 N–H and O–H groups in total. The molecular formula is C34H71NO. The van der Waals surface area contributed by atoms with Crippen LogP contribution in [0.3, 0.4) is 0 Å². The Labute approximate surface area is 230 Å². The third-order valence-electron chi connectivity index (χ3n) is 8.26. The molecule has 0 aliphatic carbocycles. The lowest BCUT2D eigenvalue weighted by atomic mass is 10.0. The van der Waals surface area contributed by atoms with Crippen molar-refractivity contribution in [3.63, 3.8) is 0 Å². The van der Waals surface area contributed by atoms with Crippen LogP contribution in [0.15, 0.2) is 0 Å². The molecule has 0 aromatic carbocycles. The standard InChI is InChI=1S/C34H71NO/c1-4-7-10-13-16-19-20-21-22-25-28-31-34-35(36,32-29-26-23-17-14-11-8-5-2)33-30-27-24-18-15-12-9-6-3/h4-34H2,1-3H3. The molecule has 0 rings (SSSR count). The van der Waals surface area contributed by atoms with Gasteiger partial charge in [-0.2, -0.15) is 0 Å². The highest BCUT2D eigenvalue weighted by Gasteiger charge is 2.16. The molecule has 0 fully saturated rings. The maximum Gasteiger partial charge on any atom is 0.0783 e. The Hall–Kier alpha value is -0.0800. The third kappa shape index (κ3) is 27.0. The van der Waals surface area contributed by atoms with Crippen molar-refractivity contribution in [3.8, 4) is 0 Å². The molecule has 218 valence electrons. The molecule has 0 aliphatic heterocycles. The van der Waals surface area contributed by atoms with Gasteiger partial charge in [0.25, 0.3) is 0 Å². The minimum absolute atomic E-state index is 0.115. The predicted octanol–water partition coefficient (Wildman–Crippen LogP) is 12.3. The first-order valence-electron chi connectivity index (χ1n) is 17.3. The van der Waals surface area contributed by atoms with Gasteiger partial charge in [-0.15, -0.1) is 0 Å². The summed E-state index contributed by atoms with van der Waals surface area (Å²) in [7, 11) is 0. The molecule has 0 unspecified atom stereocenters. The highest BCUT2D eigenvalue weighted by molar-refractivity contribution is 4.54. The van der Waals surface area contributed by atoms with Crippen LogP contribution in [-0.4, -0.2) is 24.3 Å². The minimum Gasteiger partial charge on any atom is -0.633 e. The molecule has 0 radical (unpaired) electrons. The summed E-state index contributed by atoms with van der Waals surface area (Å²) in [6.07, 6.45) is 37.7. The SMILES string of the molecule is CCCCCCCCCCCCCC[N+]([O-])(CCCCCCCCCC)CCCCCCCCCC. The third-order valence-corrected chi connectivity index (χ3v) is 8.26. The Morgan fingerprint density at radius 2 is 0.444 bits per heavy atom. The topological polar surface area (TPSA) is 23.1 Å². The lowest BCUT2D eigenvalue weighted by Crippen LogP contribution is -2.44. The van der Waals surface area contributed by atoms with E-state index in [2.05, 4.69) is 20.8 Å². The summed E-state index contributed by atoms with van der Waals surface area (Å²) in [6.45, 7) is 9.50. The Morgan fingerprint density at radius 1 is 0.278 bits per heavy atom. The van der Waals surface area contributed by atoms with Crippen molar-refractivity contribution in [2.24, 2.45) is 0 Å². The molecule has 36 heavy (non-hydrogen) atoms. The number of rotatable bonds is 31. The molecule has 0 spiro atoms. The first kappa shape index (κ1) is 35.9. The fourth-order valence-electron chi connectivity index (χ4n) is 5.64. The first-order valence-corrected chi connectivity index (χ1v) is 17.3. The average Bonchev–Trinajstić information content (AvgIpc) is 2.88. The molecular weight excluding hydrogens is 438 g/mol. The average molecular weight is 510 g/mol. The van der Waals surface area contributed by atoms with E-state index in [1.54, 1.807) is 0 Å². The van der Waals surface area contributed by atoms with E-state index in [4.69, 9.17) is 0 Å². The zero-order chi connectivity index (χ0) is 26.4. The summed E-state index contributed by atoms with van der Waals surface area (Å²) in [4.78, 5) is 0. The largest absolute Gasteiger partial charge is 0.633 e. The molecule has 0 saturated carbocycles. The van der Waals surface area contributed by atoms with Crippen LogP contribution in [0.2, 0.25) is 0 Å². The maximum absolute atomic E-state index is 13.7. The van der Waals surface area contributed by atoms with E-state index in [1.165, 1.54) is 161 Å². The second-order valence-electron chi connectivity index (χ2n) is 12.1. The van der Waals surface area contributed by atoms with Crippen LogP contribution in [0.4, 0.5) is 0 Å². The van der Waals surface area contributed by atoms with Gasteiger partial charge in [-0.25, -0.2) is 0 Å². The monoisotopic (exact) mass is 510 g/mol. The molecule has 0 atom stereocenters. The van der Waals surface area contributed by atoms with Crippen molar-refractivity contribution in [2.75, 3.05) is 19.6 Å². The highest BCUT2D eigenvalue weighted by atomic mass is 16.5. The number of nitrogens with zero attached hydrogens (tertiary/aromatic N) is 1. The smallest absolute Gasteiger partial charge is 0.0783 e. The predicted molar refractivity (Wildman–Crippen MR) is 165 cm³/mol. The van der Waals surface area contributed by atoms with Gasteiger partial charge in [-0.3, -0.25) is 0 Å². The van der Waals surface area contributed by atoms with Crippen molar-refractivity contribution in [2.45, 2.75) is 201 Å². The normalized spacial score (nSPS) is 12.0. The Kier molecular flexibility index (Phi) is 29.4. The summed E-state index contributed by atoms with van der Waals surface area (Å²) in [5.74, 6) is 0. The fraction of sp³-hybridized carbons (Fsp3) is 1.00. The number of hydroxylamine groups is 3. The molecule has 0 bridgehead atoms. The molecule has 0 saturated heterocycles. The van der Waals surface area contributed by atoms with Gasteiger partial charge >= 0.3 is 0 Å². The lowest BCUT2D eigenvalue weighted by Gasteiger charge is -2.43. The molecule has 0 heterocycles. The zero-order valence-corrected chi connectivity index (χ0v) is 25.8. The molecule has 2 heteroatoms. The van der Waals surface area contributed by atoms with Gasteiger partial charge in [0.05, 0.1) is 19.6 Å². The summed E-state index contributed by atoms with van der Waals surface area (Å²) in [5, 5.41) is 13.7. The van der Waals surface area contributed by atoms with E-state index in [9.17, 15) is 5.21 Å². The van der Waals surface area contributed by atoms with E-state index in [0.29, 0.717) is 0 Å². The Morgan fingerprint density at radius 3 is 0.639 bits per heavy atom. The number of quaternary nitrogens is 1. The van der Waals surface area contributed by atoms with E-state index >= 15 is 0 Å². The Bertz CT molecular complexity index is 377. The number of unbranched alkanes of at least 4 members (excludes halogenated alkanes) is 25. The summed E-state index contributed by atoms with van der Waals surface area (Å²) >= 11 is 0. The Balaban J connectivity index is 4.00. The van der Waals surface area contributed by atoms with Crippen molar-refractivity contribution in [3.05, 3.63) is 5.21 Å². The van der Waals surface area contributed by atoms with Crippen LogP contribution in [0, 0.1) is 5.21 Å². The van der Waals surface area contributed by atoms with Gasteiger partial charge in [0, 0.05) is 0 Å². The second kappa shape index (κ2) is 29.5. The molecule has 2 nitrogen and oxygen atoms in total. The van der Waals surface area contributed by atoms with E-state index < -0.39 is 0 Å². The summed E-state index contributed by atoms with van der Waals surface area (Å²) < 4.78 is 0.115. The maximum atomic E-state index is 13.7. The fourth-order valence-corrected chi connectivity index (χ4v) is 5.64. The zero-order valence-electron chi connectivity index (χ0n) is 25.8. The van der Waals surface area contributed by atoms with Gasteiger partial charge in [0.1, 0.15) is 0 Å². The highest BCUT2D eigenvalue weighted by Crippen LogP contribution is 2.18. The van der Waals surface area contributed by atoms with Crippen molar-refractivity contribution < 1.29 is 4.65 Å². The molecule has 0 aromatic heterocycles. The van der Waals surface area contributed by atoms with Crippen LogP contribution >= 0.6 is 0 Å². The summed E-state index contributed by atoms with van der Waals surface area (Å²) in [6, 6.07) is 0. The van der Waals surface area contributed by atoms with E-state index in [-0.39, 0.29) is 4.65 Å². The van der Waals surface area contributed by atoms with Crippen LogP contribution < -0.4 is 0 Å². The molecule has 0 amide bonds. The summed E-state index contributed by atoms with van der Waals surface area (Å²) in [5.41, 5.74) is 0. The molecule has 0 aromatic rings. The van der Waals surface area contributed by atoms with Gasteiger partial charge in [0.2, 0.25) is 0 Å². The van der Waals surface area contributed by atoms with E-state index in [0.717, 1.165) is 38.9 Å². The van der Waals surface area contributed by atoms with Gasteiger partial charge in [-0.05, 0) is 38.5 Å². The van der Waals surface area contributed by atoms with Crippen LogP contribution in [0.1, 0.15) is 201 Å². The van der Waals surface area contributed by atoms with Crippen LogP contribution in [0.5, 0.6) is 0 Å². The van der Waals surface area contributed by atoms with Gasteiger partial charge in [0.15, 0.2) is 0 Å². The quantitative estimate of drug-likeness (QED) is 0.0517.